The lowest BCUT2D eigenvalue weighted by atomic mass is 9.93. The number of amides is 3. The molecular weight excluding hydrogens is 434 g/mol. The average molecular weight is 464 g/mol. The number of hydrogen-bond acceptors (Lipinski definition) is 3. The highest BCUT2D eigenvalue weighted by Crippen LogP contribution is 2.32. The van der Waals surface area contributed by atoms with E-state index >= 15 is 0 Å². The third-order valence-corrected chi connectivity index (χ3v) is 6.86. The number of nitrogens with one attached hydrogen (secondary N) is 1. The van der Waals surface area contributed by atoms with E-state index in [1.54, 1.807) is 9.80 Å². The monoisotopic (exact) mass is 463 g/mol. The van der Waals surface area contributed by atoms with Crippen LogP contribution in [0.1, 0.15) is 40.0 Å². The Morgan fingerprint density at radius 3 is 2.34 bits per heavy atom. The molecule has 2 saturated heterocycles. The van der Waals surface area contributed by atoms with Gasteiger partial charge in [0.15, 0.2) is 0 Å². The van der Waals surface area contributed by atoms with Crippen molar-refractivity contribution in [3.8, 4) is 0 Å². The molecule has 0 bridgehead atoms. The number of halogens is 1. The summed E-state index contributed by atoms with van der Waals surface area (Å²) in [6.45, 7) is 7.80. The van der Waals surface area contributed by atoms with Crippen molar-refractivity contribution in [3.05, 3.63) is 28.7 Å². The zero-order valence-corrected chi connectivity index (χ0v) is 18.9. The molecule has 158 valence electrons. The maximum atomic E-state index is 13.0. The Bertz CT molecular complexity index is 774. The first-order valence-electron chi connectivity index (χ1n) is 10.4. The summed E-state index contributed by atoms with van der Waals surface area (Å²) in [6, 6.07) is 7.71. The number of para-hydroxylation sites is 1. The van der Waals surface area contributed by atoms with E-state index in [1.165, 1.54) is 0 Å². The Balaban J connectivity index is 1.55. The van der Waals surface area contributed by atoms with Gasteiger partial charge in [0.2, 0.25) is 17.7 Å². The molecule has 2 fully saturated rings. The summed E-state index contributed by atoms with van der Waals surface area (Å²) in [6.07, 6.45) is 1.83. The fourth-order valence-corrected chi connectivity index (χ4v) is 4.41. The summed E-state index contributed by atoms with van der Waals surface area (Å²) < 4.78 is 0.851. The van der Waals surface area contributed by atoms with Crippen LogP contribution in [0.25, 0.3) is 0 Å². The number of anilines is 1. The summed E-state index contributed by atoms with van der Waals surface area (Å²) in [5.74, 6) is -0.437. The fraction of sp³-hybridized carbons (Fsp3) is 0.591. The molecule has 3 amide bonds. The number of carbonyl (C=O) groups is 3. The quantitative estimate of drug-likeness (QED) is 0.681. The van der Waals surface area contributed by atoms with E-state index < -0.39 is 5.92 Å². The molecule has 3 rings (SSSR count). The number of piperidine rings is 1. The molecule has 0 radical (unpaired) electrons. The second kappa shape index (κ2) is 9.28. The van der Waals surface area contributed by atoms with Crippen molar-refractivity contribution in [3.63, 3.8) is 0 Å². The van der Waals surface area contributed by atoms with Crippen LogP contribution in [0.15, 0.2) is 28.7 Å². The van der Waals surface area contributed by atoms with Gasteiger partial charge in [0.05, 0.1) is 5.69 Å². The molecule has 1 N–H and O–H groups in total. The van der Waals surface area contributed by atoms with E-state index in [4.69, 9.17) is 0 Å². The van der Waals surface area contributed by atoms with Crippen molar-refractivity contribution in [2.24, 2.45) is 17.8 Å². The molecule has 2 aliphatic rings. The molecular formula is C22H30BrN3O3. The zero-order chi connectivity index (χ0) is 21.1. The number of likely N-dealkylation sites (tertiary alicyclic amines) is 1. The van der Waals surface area contributed by atoms with Crippen LogP contribution in [0.5, 0.6) is 0 Å². The van der Waals surface area contributed by atoms with Gasteiger partial charge < -0.3 is 15.1 Å². The maximum absolute atomic E-state index is 13.0. The molecule has 0 aromatic heterocycles. The van der Waals surface area contributed by atoms with E-state index in [1.807, 2.05) is 31.2 Å². The summed E-state index contributed by atoms with van der Waals surface area (Å²) in [4.78, 5) is 41.8. The van der Waals surface area contributed by atoms with Crippen molar-refractivity contribution in [1.29, 1.82) is 0 Å². The smallest absolute Gasteiger partial charge is 0.239 e. The Hall–Kier alpha value is -1.89. The lowest BCUT2D eigenvalue weighted by Crippen LogP contribution is -2.48. The van der Waals surface area contributed by atoms with E-state index in [0.717, 1.165) is 10.2 Å². The highest BCUT2D eigenvalue weighted by atomic mass is 79.9. The molecule has 2 atom stereocenters. The molecule has 2 heterocycles. The Kier molecular flexibility index (Phi) is 6.98. The first kappa shape index (κ1) is 21.8. The molecule has 6 nitrogen and oxygen atoms in total. The molecule has 2 aliphatic heterocycles. The van der Waals surface area contributed by atoms with Gasteiger partial charge in [-0.05, 0) is 60.2 Å². The van der Waals surface area contributed by atoms with Crippen LogP contribution in [0, 0.1) is 17.8 Å². The molecule has 1 aromatic rings. The predicted octanol–water partition coefficient (Wildman–Crippen LogP) is 3.20. The van der Waals surface area contributed by atoms with Crippen LogP contribution in [0.3, 0.4) is 0 Å². The molecule has 0 saturated carbocycles. The van der Waals surface area contributed by atoms with Crippen molar-refractivity contribution in [2.75, 3.05) is 24.5 Å². The molecule has 7 heteroatoms. The van der Waals surface area contributed by atoms with Crippen molar-refractivity contribution < 1.29 is 14.4 Å². The predicted molar refractivity (Wildman–Crippen MR) is 116 cm³/mol. The third-order valence-electron chi connectivity index (χ3n) is 6.19. The minimum atomic E-state index is -0.617. The minimum absolute atomic E-state index is 0.0590. The van der Waals surface area contributed by atoms with E-state index in [0.29, 0.717) is 44.8 Å². The first-order chi connectivity index (χ1) is 13.8. The zero-order valence-electron chi connectivity index (χ0n) is 17.4. The number of benzene rings is 1. The van der Waals surface area contributed by atoms with Gasteiger partial charge >= 0.3 is 0 Å². The first-order valence-corrected chi connectivity index (χ1v) is 11.2. The summed E-state index contributed by atoms with van der Waals surface area (Å²) in [5.41, 5.74) is 0.808. The summed E-state index contributed by atoms with van der Waals surface area (Å²) in [7, 11) is 0. The normalized spacial score (nSPS) is 21.6. The Morgan fingerprint density at radius 1 is 1.07 bits per heavy atom. The Morgan fingerprint density at radius 2 is 1.72 bits per heavy atom. The largest absolute Gasteiger partial charge is 0.353 e. The van der Waals surface area contributed by atoms with E-state index in [-0.39, 0.29) is 29.7 Å². The van der Waals surface area contributed by atoms with Crippen LogP contribution in [0.4, 0.5) is 5.69 Å². The van der Waals surface area contributed by atoms with Gasteiger partial charge in [-0.25, -0.2) is 0 Å². The Labute approximate surface area is 181 Å². The molecule has 0 spiro atoms. The minimum Gasteiger partial charge on any atom is -0.353 e. The van der Waals surface area contributed by atoms with Gasteiger partial charge in [-0.2, -0.15) is 0 Å². The van der Waals surface area contributed by atoms with Gasteiger partial charge in [0.25, 0.3) is 0 Å². The van der Waals surface area contributed by atoms with Crippen LogP contribution in [-0.4, -0.2) is 48.3 Å². The fourth-order valence-electron chi connectivity index (χ4n) is 3.91. The summed E-state index contributed by atoms with van der Waals surface area (Å²) >= 11 is 3.49. The second-order valence-electron chi connectivity index (χ2n) is 8.42. The average Bonchev–Trinajstić information content (AvgIpc) is 3.09. The third kappa shape index (κ3) is 4.82. The van der Waals surface area contributed by atoms with Crippen molar-refractivity contribution in [1.82, 2.24) is 10.2 Å². The van der Waals surface area contributed by atoms with Gasteiger partial charge in [-0.1, -0.05) is 26.0 Å². The molecule has 29 heavy (non-hydrogen) atoms. The highest BCUT2D eigenvalue weighted by Gasteiger charge is 2.41. The van der Waals surface area contributed by atoms with E-state index in [9.17, 15) is 14.4 Å². The highest BCUT2D eigenvalue weighted by molar-refractivity contribution is 9.10. The van der Waals surface area contributed by atoms with Crippen LogP contribution in [-0.2, 0) is 14.4 Å². The lowest BCUT2D eigenvalue weighted by Gasteiger charge is -2.33. The standard InChI is InChI=1S/C22H30BrN3O3/c1-14(2)15(3)24-20(27)16-8-11-25(12-9-16)21(28)17-10-13-26(22(17)29)19-7-5-4-6-18(19)23/h4-7,14-17H,8-13H2,1-3H3,(H,24,27). The second-order valence-corrected chi connectivity index (χ2v) is 9.28. The van der Waals surface area contributed by atoms with Crippen LogP contribution >= 0.6 is 15.9 Å². The van der Waals surface area contributed by atoms with Crippen LogP contribution in [0.2, 0.25) is 0 Å². The van der Waals surface area contributed by atoms with Crippen molar-refractivity contribution >= 4 is 39.3 Å². The lowest BCUT2D eigenvalue weighted by molar-refractivity contribution is -0.142. The SMILES string of the molecule is CC(C)C(C)NC(=O)C1CCN(C(=O)C2CCN(c3ccccc3Br)C2=O)CC1. The van der Waals surface area contributed by atoms with Gasteiger partial charge in [0, 0.05) is 36.1 Å². The van der Waals surface area contributed by atoms with Gasteiger partial charge in [-0.15, -0.1) is 0 Å². The number of hydrogen-bond donors (Lipinski definition) is 1. The molecule has 2 unspecified atom stereocenters. The number of carbonyl (C=O) groups excluding carboxylic acids is 3. The number of rotatable bonds is 5. The topological polar surface area (TPSA) is 69.7 Å². The molecule has 0 aliphatic carbocycles. The molecule has 1 aromatic carbocycles. The van der Waals surface area contributed by atoms with Gasteiger partial charge in [0.1, 0.15) is 5.92 Å². The van der Waals surface area contributed by atoms with E-state index in [2.05, 4.69) is 35.1 Å². The van der Waals surface area contributed by atoms with Gasteiger partial charge in [-0.3, -0.25) is 14.4 Å². The van der Waals surface area contributed by atoms with Crippen molar-refractivity contribution in [2.45, 2.75) is 46.1 Å². The maximum Gasteiger partial charge on any atom is 0.239 e. The summed E-state index contributed by atoms with van der Waals surface area (Å²) in [5, 5.41) is 3.08. The van der Waals surface area contributed by atoms with Crippen LogP contribution < -0.4 is 10.2 Å². The number of nitrogens with zero attached hydrogens (tertiary/aromatic N) is 2.